The zero-order chi connectivity index (χ0) is 24.1. The van der Waals surface area contributed by atoms with Gasteiger partial charge in [-0.05, 0) is 37.5 Å². The lowest BCUT2D eigenvalue weighted by Crippen LogP contribution is -2.48. The predicted octanol–water partition coefficient (Wildman–Crippen LogP) is 1.77. The van der Waals surface area contributed by atoms with Gasteiger partial charge in [0.05, 0.1) is 23.6 Å². The first-order valence-electron chi connectivity index (χ1n) is 10.4. The van der Waals surface area contributed by atoms with E-state index in [9.17, 15) is 21.6 Å². The van der Waals surface area contributed by atoms with Gasteiger partial charge in [-0.25, -0.2) is 21.8 Å². The van der Waals surface area contributed by atoms with E-state index in [1.165, 1.54) is 22.8 Å². The maximum atomic E-state index is 13.3. The first kappa shape index (κ1) is 23.1. The molecule has 3 heterocycles. The molecule has 2 aliphatic heterocycles. The molecule has 33 heavy (non-hydrogen) atoms. The first-order valence-corrected chi connectivity index (χ1v) is 13.8. The Bertz CT molecular complexity index is 1360. The fraction of sp³-hybridized carbons (Fsp3) is 0.400. The van der Waals surface area contributed by atoms with Gasteiger partial charge in [0, 0.05) is 24.6 Å². The molecule has 11 nitrogen and oxygen atoms in total. The third-order valence-electron chi connectivity index (χ3n) is 5.50. The molecule has 2 aliphatic rings. The van der Waals surface area contributed by atoms with Crippen molar-refractivity contribution in [1.82, 2.24) is 14.3 Å². The quantitative estimate of drug-likeness (QED) is 0.534. The van der Waals surface area contributed by atoms with Gasteiger partial charge in [0.2, 0.25) is 16.0 Å². The van der Waals surface area contributed by atoms with Crippen LogP contribution >= 0.6 is 0 Å². The van der Waals surface area contributed by atoms with Crippen molar-refractivity contribution in [3.8, 4) is 0 Å². The topological polar surface area (TPSA) is 142 Å². The molecular formula is C20H26N6O5S2. The van der Waals surface area contributed by atoms with Crippen LogP contribution in [-0.4, -0.2) is 51.1 Å². The molecule has 0 radical (unpaired) electrons. The number of hydrogen-bond acceptors (Lipinski definition) is 8. The van der Waals surface area contributed by atoms with Crippen molar-refractivity contribution in [3.63, 3.8) is 0 Å². The third-order valence-corrected chi connectivity index (χ3v) is 7.50. The summed E-state index contributed by atoms with van der Waals surface area (Å²) in [5.74, 6) is 0.646. The van der Waals surface area contributed by atoms with Crippen LogP contribution in [0.25, 0.3) is 0 Å². The van der Waals surface area contributed by atoms with Gasteiger partial charge in [-0.1, -0.05) is 13.8 Å². The maximum absolute atomic E-state index is 13.3. The third kappa shape index (κ3) is 4.42. The highest BCUT2D eigenvalue weighted by atomic mass is 32.2. The van der Waals surface area contributed by atoms with Crippen LogP contribution in [0.15, 0.2) is 46.9 Å². The van der Waals surface area contributed by atoms with Crippen LogP contribution < -0.4 is 19.7 Å². The van der Waals surface area contributed by atoms with Gasteiger partial charge < -0.3 is 10.2 Å². The number of fused-ring (bicyclic) bond motifs is 2. The number of carbonyl (C=O) groups is 1. The van der Waals surface area contributed by atoms with Crippen LogP contribution in [0, 0.1) is 5.92 Å². The summed E-state index contributed by atoms with van der Waals surface area (Å²) in [4.78, 5) is 19.5. The Hall–Kier alpha value is -3.06. The summed E-state index contributed by atoms with van der Waals surface area (Å²) >= 11 is 0. The zero-order valence-electron chi connectivity index (χ0n) is 18.7. The number of aromatic nitrogens is 2. The minimum absolute atomic E-state index is 0.0673. The maximum Gasteiger partial charge on any atom is 0.266 e. The Morgan fingerprint density at radius 3 is 2.67 bits per heavy atom. The molecule has 1 aromatic heterocycles. The van der Waals surface area contributed by atoms with E-state index in [2.05, 4.69) is 33.6 Å². The molecule has 0 bridgehead atoms. The summed E-state index contributed by atoms with van der Waals surface area (Å²) in [6.45, 7) is 6.69. The van der Waals surface area contributed by atoms with E-state index >= 15 is 0 Å². The fourth-order valence-electron chi connectivity index (χ4n) is 3.91. The number of anilines is 3. The summed E-state index contributed by atoms with van der Waals surface area (Å²) in [6.07, 6.45) is 4.94. The zero-order valence-corrected chi connectivity index (χ0v) is 20.3. The molecule has 0 saturated carbocycles. The molecule has 3 N–H and O–H groups in total. The van der Waals surface area contributed by atoms with Crippen molar-refractivity contribution in [2.75, 3.05) is 27.7 Å². The highest BCUT2D eigenvalue weighted by Gasteiger charge is 2.39. The number of rotatable bonds is 5. The van der Waals surface area contributed by atoms with Gasteiger partial charge in [0.25, 0.3) is 15.9 Å². The highest BCUT2D eigenvalue weighted by Crippen LogP contribution is 2.34. The minimum Gasteiger partial charge on any atom is -0.340 e. The smallest absolute Gasteiger partial charge is 0.266 e. The van der Waals surface area contributed by atoms with Crippen LogP contribution in [-0.2, 0) is 20.0 Å². The summed E-state index contributed by atoms with van der Waals surface area (Å²) in [7, 11) is -7.65. The largest absolute Gasteiger partial charge is 0.340 e. The number of sulfonamides is 2. The van der Waals surface area contributed by atoms with E-state index < -0.39 is 26.1 Å². The summed E-state index contributed by atoms with van der Waals surface area (Å²) in [6, 6.07) is 3.69. The Morgan fingerprint density at radius 2 is 2.00 bits per heavy atom. The van der Waals surface area contributed by atoms with Gasteiger partial charge in [0.1, 0.15) is 10.7 Å². The van der Waals surface area contributed by atoms with E-state index in [-0.39, 0.29) is 33.6 Å². The van der Waals surface area contributed by atoms with Crippen molar-refractivity contribution in [3.05, 3.63) is 42.0 Å². The van der Waals surface area contributed by atoms with Gasteiger partial charge in [-0.2, -0.15) is 0 Å². The molecule has 1 aromatic carbocycles. The number of nitrogens with one attached hydrogen (secondary N) is 3. The molecule has 4 rings (SSSR count). The van der Waals surface area contributed by atoms with E-state index in [1.54, 1.807) is 12.4 Å². The van der Waals surface area contributed by atoms with Crippen LogP contribution in [0.3, 0.4) is 0 Å². The van der Waals surface area contributed by atoms with Crippen molar-refractivity contribution in [2.45, 2.75) is 38.1 Å². The molecule has 1 unspecified atom stereocenters. The molecule has 0 aliphatic carbocycles. The molecule has 178 valence electrons. The van der Waals surface area contributed by atoms with Crippen LogP contribution in [0.2, 0.25) is 0 Å². The normalized spacial score (nSPS) is 21.8. The second kappa shape index (κ2) is 8.06. The molecular weight excluding hydrogens is 468 g/mol. The lowest BCUT2D eigenvalue weighted by atomic mass is 10.0. The first-order chi connectivity index (χ1) is 15.4. The predicted molar refractivity (Wildman–Crippen MR) is 125 cm³/mol. The lowest BCUT2D eigenvalue weighted by molar-refractivity contribution is 0.0939. The van der Waals surface area contributed by atoms with Crippen molar-refractivity contribution >= 4 is 43.3 Å². The van der Waals surface area contributed by atoms with E-state index in [0.29, 0.717) is 18.4 Å². The van der Waals surface area contributed by atoms with Crippen molar-refractivity contribution < 1.29 is 21.6 Å². The van der Waals surface area contributed by atoms with Crippen molar-refractivity contribution in [1.29, 1.82) is 0 Å². The van der Waals surface area contributed by atoms with Crippen LogP contribution in [0.4, 0.5) is 17.3 Å². The average molecular weight is 495 g/mol. The Morgan fingerprint density at radius 1 is 1.27 bits per heavy atom. The van der Waals surface area contributed by atoms with Gasteiger partial charge in [-0.3, -0.25) is 18.8 Å². The van der Waals surface area contributed by atoms with Crippen LogP contribution in [0.5, 0.6) is 0 Å². The van der Waals surface area contributed by atoms with Crippen LogP contribution in [0.1, 0.15) is 32.0 Å². The van der Waals surface area contributed by atoms with Gasteiger partial charge in [-0.15, -0.1) is 0 Å². The summed E-state index contributed by atoms with van der Waals surface area (Å²) in [5.41, 5.74) is 0.613. The Balaban J connectivity index is 1.78. The van der Waals surface area contributed by atoms with E-state index in [1.807, 2.05) is 11.8 Å². The minimum atomic E-state index is -4.07. The Kier molecular flexibility index (Phi) is 5.65. The molecule has 0 spiro atoms. The number of hydrogen-bond donors (Lipinski definition) is 3. The number of benzene rings is 1. The number of carbonyl (C=O) groups excluding carboxylic acids is 1. The van der Waals surface area contributed by atoms with Gasteiger partial charge >= 0.3 is 0 Å². The monoisotopic (exact) mass is 494 g/mol. The molecule has 0 amide bonds. The molecule has 2 aromatic rings. The summed E-state index contributed by atoms with van der Waals surface area (Å²) < 4.78 is 55.3. The number of imidazole rings is 1. The average Bonchev–Trinajstić information content (AvgIpc) is 3.16. The van der Waals surface area contributed by atoms with E-state index in [0.717, 1.165) is 12.7 Å². The molecule has 0 fully saturated rings. The molecule has 1 atom stereocenters. The van der Waals surface area contributed by atoms with Gasteiger partial charge in [0.15, 0.2) is 0 Å². The Labute approximate surface area is 193 Å². The molecule has 0 saturated heterocycles. The lowest BCUT2D eigenvalue weighted by Gasteiger charge is -2.38. The second-order valence-corrected chi connectivity index (χ2v) is 12.0. The molecule has 13 heteroatoms. The fourth-order valence-corrected chi connectivity index (χ4v) is 5.69. The SMILES string of the molecule is CC(C)CCN1c2nccn2C(=O)C(=C2Nc3ccc(NS(C)(=O)=O)cc3S(=O)(=O)N2)C1C. The highest BCUT2D eigenvalue weighted by molar-refractivity contribution is 7.92. The second-order valence-electron chi connectivity index (χ2n) is 8.56. The van der Waals surface area contributed by atoms with Crippen molar-refractivity contribution in [2.24, 2.45) is 5.92 Å². The van der Waals surface area contributed by atoms with E-state index in [4.69, 9.17) is 0 Å². The summed E-state index contributed by atoms with van der Waals surface area (Å²) in [5, 5.41) is 3.01. The number of nitrogens with zero attached hydrogens (tertiary/aromatic N) is 3. The standard InChI is InChI=1S/C20H26N6O5S2/c1-12(2)7-9-25-13(3)17(19(27)26-10-8-21-20(25)26)18-22-15-6-5-14(23-32(4,28)29)11-16(15)33(30,31)24-18/h5-6,8,10-13,22-24H,7,9H2,1-4H3.